The third-order valence-corrected chi connectivity index (χ3v) is 6.96. The Morgan fingerprint density at radius 2 is 1.86 bits per heavy atom. The van der Waals surface area contributed by atoms with Gasteiger partial charge in [-0.1, -0.05) is 0 Å². The van der Waals surface area contributed by atoms with Crippen LogP contribution in [0.1, 0.15) is 35.3 Å². The van der Waals surface area contributed by atoms with Crippen molar-refractivity contribution < 1.29 is 9.18 Å². The number of amides is 1. The van der Waals surface area contributed by atoms with E-state index in [4.69, 9.17) is 0 Å². The van der Waals surface area contributed by atoms with Crippen molar-refractivity contribution >= 4 is 27.9 Å². The number of hydrogen-bond donors (Lipinski definition) is 1. The number of rotatable bonds is 5. The number of thiophene rings is 1. The van der Waals surface area contributed by atoms with Crippen LogP contribution < -0.4 is 10.2 Å². The summed E-state index contributed by atoms with van der Waals surface area (Å²) in [6, 6.07) is 8.90. The smallest absolute Gasteiger partial charge is 0.226 e. The van der Waals surface area contributed by atoms with Gasteiger partial charge in [0, 0.05) is 49.7 Å². The van der Waals surface area contributed by atoms with Crippen LogP contribution in [0, 0.1) is 17.1 Å². The fraction of sp³-hybridized carbons (Fsp3) is 0.455. The number of halogens is 1. The lowest BCUT2D eigenvalue weighted by Crippen LogP contribution is -2.47. The Morgan fingerprint density at radius 1 is 1.14 bits per heavy atom. The van der Waals surface area contributed by atoms with E-state index in [1.54, 1.807) is 11.3 Å². The van der Waals surface area contributed by atoms with E-state index in [-0.39, 0.29) is 11.7 Å². The van der Waals surface area contributed by atoms with Gasteiger partial charge in [-0.25, -0.2) is 4.39 Å². The van der Waals surface area contributed by atoms with E-state index in [2.05, 4.69) is 21.2 Å². The summed E-state index contributed by atoms with van der Waals surface area (Å²) >= 11 is 1.57. The Bertz CT molecular complexity index is 910. The van der Waals surface area contributed by atoms with Crippen LogP contribution in [0.2, 0.25) is 0 Å². The van der Waals surface area contributed by atoms with Gasteiger partial charge < -0.3 is 10.2 Å². The lowest BCUT2D eigenvalue weighted by Gasteiger charge is -2.36. The van der Waals surface area contributed by atoms with Gasteiger partial charge in [0.15, 0.2) is 0 Å². The molecule has 1 N–H and O–H groups in total. The van der Waals surface area contributed by atoms with Crippen LogP contribution in [0.4, 0.5) is 15.1 Å². The van der Waals surface area contributed by atoms with Crippen molar-refractivity contribution in [3.8, 4) is 6.07 Å². The molecule has 1 aliphatic carbocycles. The number of carbonyl (C=O) groups is 1. The molecule has 0 bridgehead atoms. The zero-order valence-electron chi connectivity index (χ0n) is 16.4. The molecule has 0 atom stereocenters. The molecule has 0 saturated carbocycles. The molecule has 1 aromatic carbocycles. The maximum absolute atomic E-state index is 13.1. The number of hydrogen-bond acceptors (Lipinski definition) is 5. The first kappa shape index (κ1) is 19.9. The number of fused-ring (bicyclic) bond motifs is 1. The zero-order chi connectivity index (χ0) is 20.2. The molecule has 1 amide bonds. The second-order valence-corrected chi connectivity index (χ2v) is 8.74. The zero-order valence-corrected chi connectivity index (χ0v) is 17.2. The summed E-state index contributed by atoms with van der Waals surface area (Å²) in [6.07, 6.45) is 4.67. The highest BCUT2D eigenvalue weighted by molar-refractivity contribution is 7.16. The second kappa shape index (κ2) is 8.93. The topological polar surface area (TPSA) is 59.4 Å². The number of nitriles is 1. The summed E-state index contributed by atoms with van der Waals surface area (Å²) < 4.78 is 13.1. The van der Waals surface area contributed by atoms with Gasteiger partial charge in [0.25, 0.3) is 0 Å². The first-order valence-corrected chi connectivity index (χ1v) is 11.0. The highest BCUT2D eigenvalue weighted by atomic mass is 32.1. The van der Waals surface area contributed by atoms with Crippen molar-refractivity contribution in [1.82, 2.24) is 4.90 Å². The standard InChI is InChI=1S/C22H25FN4OS/c23-16-5-7-17(8-6-16)27-13-11-26(12-14-27)10-9-21(28)25-22-19(15-24)18-3-1-2-4-20(18)29-22/h5-8H,1-4,9-14H2,(H,25,28). The van der Waals surface area contributed by atoms with Gasteiger partial charge in [0.1, 0.15) is 16.9 Å². The van der Waals surface area contributed by atoms with Gasteiger partial charge in [0.05, 0.1) is 5.56 Å². The van der Waals surface area contributed by atoms with Crippen molar-refractivity contribution in [3.05, 3.63) is 46.1 Å². The van der Waals surface area contributed by atoms with Crippen LogP contribution in [0.15, 0.2) is 24.3 Å². The van der Waals surface area contributed by atoms with Crippen molar-refractivity contribution in [2.24, 2.45) is 0 Å². The number of anilines is 2. The van der Waals surface area contributed by atoms with Gasteiger partial charge >= 0.3 is 0 Å². The Labute approximate surface area is 174 Å². The Hall–Kier alpha value is -2.43. The molecule has 1 fully saturated rings. The molecule has 2 aromatic rings. The molecule has 152 valence electrons. The molecular weight excluding hydrogens is 387 g/mol. The molecule has 0 unspecified atom stereocenters. The quantitative estimate of drug-likeness (QED) is 0.812. The molecule has 4 rings (SSSR count). The average molecular weight is 413 g/mol. The molecule has 1 aliphatic heterocycles. The molecule has 0 spiro atoms. The van der Waals surface area contributed by atoms with E-state index in [0.29, 0.717) is 18.5 Å². The van der Waals surface area contributed by atoms with Crippen molar-refractivity contribution in [1.29, 1.82) is 5.26 Å². The Kier molecular flexibility index (Phi) is 6.12. The third-order valence-electron chi connectivity index (χ3n) is 5.76. The van der Waals surface area contributed by atoms with Gasteiger partial charge in [-0.15, -0.1) is 11.3 Å². The fourth-order valence-electron chi connectivity index (χ4n) is 4.10. The fourth-order valence-corrected chi connectivity index (χ4v) is 5.36. The predicted molar refractivity (Wildman–Crippen MR) is 114 cm³/mol. The number of piperazine rings is 1. The first-order valence-electron chi connectivity index (χ1n) is 10.2. The van der Waals surface area contributed by atoms with Crippen LogP contribution in [0.25, 0.3) is 0 Å². The molecule has 2 heterocycles. The summed E-state index contributed by atoms with van der Waals surface area (Å²) in [5.74, 6) is -0.245. The minimum atomic E-state index is -0.218. The lowest BCUT2D eigenvalue weighted by atomic mass is 9.96. The molecule has 1 saturated heterocycles. The van der Waals surface area contributed by atoms with Crippen LogP contribution in [-0.2, 0) is 17.6 Å². The maximum atomic E-state index is 13.1. The van der Waals surface area contributed by atoms with Gasteiger partial charge in [-0.3, -0.25) is 9.69 Å². The largest absolute Gasteiger partial charge is 0.369 e. The van der Waals surface area contributed by atoms with Crippen molar-refractivity contribution in [2.75, 3.05) is 42.9 Å². The van der Waals surface area contributed by atoms with Gasteiger partial charge in [0.2, 0.25) is 5.91 Å². The van der Waals surface area contributed by atoms with E-state index in [0.717, 1.165) is 68.1 Å². The summed E-state index contributed by atoms with van der Waals surface area (Å²) in [4.78, 5) is 18.3. The Morgan fingerprint density at radius 3 is 2.59 bits per heavy atom. The lowest BCUT2D eigenvalue weighted by molar-refractivity contribution is -0.116. The number of nitrogens with one attached hydrogen (secondary N) is 1. The van der Waals surface area contributed by atoms with Crippen LogP contribution in [0.3, 0.4) is 0 Å². The Balaban J connectivity index is 1.26. The minimum Gasteiger partial charge on any atom is -0.369 e. The normalized spacial score (nSPS) is 16.9. The summed E-state index contributed by atoms with van der Waals surface area (Å²) in [7, 11) is 0. The van der Waals surface area contributed by atoms with Gasteiger partial charge in [-0.2, -0.15) is 5.26 Å². The monoisotopic (exact) mass is 412 g/mol. The second-order valence-electron chi connectivity index (χ2n) is 7.63. The highest BCUT2D eigenvalue weighted by Gasteiger charge is 2.22. The number of aryl methyl sites for hydroxylation is 1. The molecule has 7 heteroatoms. The molecule has 2 aliphatic rings. The van der Waals surface area contributed by atoms with Crippen LogP contribution >= 0.6 is 11.3 Å². The average Bonchev–Trinajstić information content (AvgIpc) is 3.10. The summed E-state index contributed by atoms with van der Waals surface area (Å²) in [5, 5.41) is 13.2. The van der Waals surface area contributed by atoms with Crippen LogP contribution in [-0.4, -0.2) is 43.5 Å². The molecule has 0 radical (unpaired) electrons. The van der Waals surface area contributed by atoms with Crippen molar-refractivity contribution in [3.63, 3.8) is 0 Å². The molecule has 1 aromatic heterocycles. The van der Waals surface area contributed by atoms with E-state index >= 15 is 0 Å². The highest BCUT2D eigenvalue weighted by Crippen LogP contribution is 2.37. The maximum Gasteiger partial charge on any atom is 0.226 e. The van der Waals surface area contributed by atoms with E-state index in [9.17, 15) is 14.4 Å². The van der Waals surface area contributed by atoms with Crippen molar-refractivity contribution in [2.45, 2.75) is 32.1 Å². The van der Waals surface area contributed by atoms with E-state index in [1.807, 2.05) is 12.1 Å². The number of nitrogens with zero attached hydrogens (tertiary/aromatic N) is 3. The molecular formula is C22H25FN4OS. The minimum absolute atomic E-state index is 0.0268. The first-order chi connectivity index (χ1) is 14.1. The molecule has 29 heavy (non-hydrogen) atoms. The number of benzene rings is 1. The molecule has 5 nitrogen and oxygen atoms in total. The SMILES string of the molecule is N#Cc1c(NC(=O)CCN2CCN(c3ccc(F)cc3)CC2)sc2c1CCCC2. The third kappa shape index (κ3) is 4.60. The summed E-state index contributed by atoms with van der Waals surface area (Å²) in [6.45, 7) is 4.19. The van der Waals surface area contributed by atoms with Gasteiger partial charge in [-0.05, 0) is 55.5 Å². The van der Waals surface area contributed by atoms with E-state index in [1.165, 1.54) is 17.0 Å². The summed E-state index contributed by atoms with van der Waals surface area (Å²) in [5.41, 5.74) is 2.86. The van der Waals surface area contributed by atoms with Crippen LogP contribution in [0.5, 0.6) is 0 Å². The predicted octanol–water partition coefficient (Wildman–Crippen LogP) is 3.79. The number of carbonyl (C=O) groups excluding carboxylic acids is 1. The van der Waals surface area contributed by atoms with E-state index < -0.39 is 0 Å².